The second-order valence-electron chi connectivity index (χ2n) is 6.12. The van der Waals surface area contributed by atoms with Gasteiger partial charge in [-0.3, -0.25) is 4.79 Å². The van der Waals surface area contributed by atoms with Gasteiger partial charge in [0.2, 0.25) is 0 Å². The van der Waals surface area contributed by atoms with E-state index in [1.165, 1.54) is 24.0 Å². The van der Waals surface area contributed by atoms with Crippen molar-refractivity contribution in [3.05, 3.63) is 53.6 Å². The molecule has 0 aromatic heterocycles. The van der Waals surface area contributed by atoms with Gasteiger partial charge in [0, 0.05) is 11.8 Å². The minimum atomic E-state index is -0.571. The zero-order valence-corrected chi connectivity index (χ0v) is 14.2. The Kier molecular flexibility index (Phi) is 5.04. The summed E-state index contributed by atoms with van der Waals surface area (Å²) >= 11 is 0. The summed E-state index contributed by atoms with van der Waals surface area (Å²) < 4.78 is 11.0. The van der Waals surface area contributed by atoms with Crippen molar-refractivity contribution in [2.45, 2.75) is 38.7 Å². The van der Waals surface area contributed by atoms with Crippen LogP contribution in [-0.4, -0.2) is 19.1 Å². The summed E-state index contributed by atoms with van der Waals surface area (Å²) in [6.45, 7) is 1.76. The molecule has 0 radical (unpaired) electrons. The fourth-order valence-electron chi connectivity index (χ4n) is 2.99. The Balaban J connectivity index is 1.63. The van der Waals surface area contributed by atoms with E-state index in [4.69, 9.17) is 9.47 Å². The Labute approximate surface area is 142 Å². The standard InChI is InChI=1S/C20H23NO3/c1-14(20(22)21-17-8-5-9-18(13-17)23-2)24-19-11-10-15-6-3-4-7-16(15)12-19/h5,8-14H,3-4,6-7H2,1-2H3,(H,21,22). The Hall–Kier alpha value is -2.49. The number of aryl methyl sites for hydroxylation is 2. The van der Waals surface area contributed by atoms with Crippen LogP contribution in [0.4, 0.5) is 5.69 Å². The molecule has 0 fully saturated rings. The van der Waals surface area contributed by atoms with E-state index in [1.807, 2.05) is 24.3 Å². The highest BCUT2D eigenvalue weighted by molar-refractivity contribution is 5.94. The van der Waals surface area contributed by atoms with Crippen molar-refractivity contribution in [2.75, 3.05) is 12.4 Å². The molecule has 1 N–H and O–H groups in total. The first-order chi connectivity index (χ1) is 11.7. The van der Waals surface area contributed by atoms with Gasteiger partial charge in [-0.25, -0.2) is 0 Å². The molecule has 1 aliphatic carbocycles. The van der Waals surface area contributed by atoms with Gasteiger partial charge >= 0.3 is 0 Å². The largest absolute Gasteiger partial charge is 0.497 e. The van der Waals surface area contributed by atoms with Crippen molar-refractivity contribution < 1.29 is 14.3 Å². The maximum atomic E-state index is 12.3. The Morgan fingerprint density at radius 1 is 1.04 bits per heavy atom. The summed E-state index contributed by atoms with van der Waals surface area (Å²) in [6.07, 6.45) is 4.14. The van der Waals surface area contributed by atoms with Crippen molar-refractivity contribution in [2.24, 2.45) is 0 Å². The number of methoxy groups -OCH3 is 1. The van der Waals surface area contributed by atoms with Crippen molar-refractivity contribution in [3.8, 4) is 11.5 Å². The summed E-state index contributed by atoms with van der Waals surface area (Å²) in [5, 5.41) is 2.86. The molecule has 1 atom stereocenters. The number of ether oxygens (including phenoxy) is 2. The van der Waals surface area contributed by atoms with Gasteiger partial charge in [0.05, 0.1) is 7.11 Å². The number of hydrogen-bond donors (Lipinski definition) is 1. The lowest BCUT2D eigenvalue weighted by atomic mass is 9.92. The number of anilines is 1. The molecule has 4 nitrogen and oxygen atoms in total. The van der Waals surface area contributed by atoms with E-state index in [0.29, 0.717) is 11.4 Å². The summed E-state index contributed by atoms with van der Waals surface area (Å²) in [7, 11) is 1.60. The topological polar surface area (TPSA) is 47.6 Å². The third-order valence-corrected chi connectivity index (χ3v) is 4.34. The monoisotopic (exact) mass is 325 g/mol. The number of carbonyl (C=O) groups excluding carboxylic acids is 1. The second kappa shape index (κ2) is 7.39. The van der Waals surface area contributed by atoms with Crippen LogP contribution in [-0.2, 0) is 17.6 Å². The molecule has 0 heterocycles. The van der Waals surface area contributed by atoms with Crippen molar-refractivity contribution in [1.82, 2.24) is 0 Å². The Bertz CT molecular complexity index is 727. The molecule has 1 amide bonds. The van der Waals surface area contributed by atoms with E-state index in [9.17, 15) is 4.79 Å². The zero-order chi connectivity index (χ0) is 16.9. The number of benzene rings is 2. The molecule has 0 saturated carbocycles. The van der Waals surface area contributed by atoms with Gasteiger partial charge in [0.1, 0.15) is 11.5 Å². The minimum absolute atomic E-state index is 0.180. The van der Waals surface area contributed by atoms with E-state index < -0.39 is 6.10 Å². The first-order valence-electron chi connectivity index (χ1n) is 8.39. The summed E-state index contributed by atoms with van der Waals surface area (Å²) in [5.74, 6) is 1.28. The van der Waals surface area contributed by atoms with Crippen LogP contribution in [0.1, 0.15) is 30.9 Å². The van der Waals surface area contributed by atoms with E-state index in [-0.39, 0.29) is 5.91 Å². The van der Waals surface area contributed by atoms with E-state index in [2.05, 4.69) is 17.4 Å². The van der Waals surface area contributed by atoms with Gasteiger partial charge in [-0.15, -0.1) is 0 Å². The van der Waals surface area contributed by atoms with E-state index >= 15 is 0 Å². The fourth-order valence-corrected chi connectivity index (χ4v) is 2.99. The molecule has 1 unspecified atom stereocenters. The summed E-state index contributed by atoms with van der Waals surface area (Å²) in [4.78, 5) is 12.3. The second-order valence-corrected chi connectivity index (χ2v) is 6.12. The summed E-state index contributed by atoms with van der Waals surface area (Å²) in [5.41, 5.74) is 3.45. The molecular formula is C20H23NO3. The number of carbonyl (C=O) groups is 1. The maximum Gasteiger partial charge on any atom is 0.265 e. The van der Waals surface area contributed by atoms with Crippen LogP contribution in [0.2, 0.25) is 0 Å². The highest BCUT2D eigenvalue weighted by Gasteiger charge is 2.16. The summed E-state index contributed by atoms with van der Waals surface area (Å²) in [6, 6.07) is 13.4. The number of fused-ring (bicyclic) bond motifs is 1. The molecule has 4 heteroatoms. The number of amides is 1. The number of rotatable bonds is 5. The SMILES string of the molecule is COc1cccc(NC(=O)C(C)Oc2ccc3c(c2)CCCC3)c1. The predicted molar refractivity (Wildman–Crippen MR) is 94.8 cm³/mol. The highest BCUT2D eigenvalue weighted by atomic mass is 16.5. The minimum Gasteiger partial charge on any atom is -0.497 e. The quantitative estimate of drug-likeness (QED) is 0.904. The average molecular weight is 325 g/mol. The van der Waals surface area contributed by atoms with Crippen LogP contribution in [0, 0.1) is 0 Å². The van der Waals surface area contributed by atoms with E-state index in [1.54, 1.807) is 20.1 Å². The zero-order valence-electron chi connectivity index (χ0n) is 14.2. The smallest absolute Gasteiger partial charge is 0.265 e. The van der Waals surface area contributed by atoms with Gasteiger partial charge in [-0.1, -0.05) is 12.1 Å². The van der Waals surface area contributed by atoms with E-state index in [0.717, 1.165) is 18.6 Å². The Morgan fingerprint density at radius 2 is 1.83 bits per heavy atom. The molecule has 1 aliphatic rings. The van der Waals surface area contributed by atoms with Crippen LogP contribution >= 0.6 is 0 Å². The Morgan fingerprint density at radius 3 is 2.62 bits per heavy atom. The van der Waals surface area contributed by atoms with Crippen LogP contribution in [0.25, 0.3) is 0 Å². The molecule has 2 aromatic rings. The molecule has 0 saturated heterocycles. The van der Waals surface area contributed by atoms with Crippen molar-refractivity contribution in [3.63, 3.8) is 0 Å². The maximum absolute atomic E-state index is 12.3. The average Bonchev–Trinajstić information content (AvgIpc) is 2.61. The first-order valence-corrected chi connectivity index (χ1v) is 8.39. The van der Waals surface area contributed by atoms with Crippen LogP contribution in [0.5, 0.6) is 11.5 Å². The van der Waals surface area contributed by atoms with Crippen molar-refractivity contribution >= 4 is 11.6 Å². The lowest BCUT2D eigenvalue weighted by Crippen LogP contribution is -2.30. The molecule has 24 heavy (non-hydrogen) atoms. The van der Waals surface area contributed by atoms with Gasteiger partial charge < -0.3 is 14.8 Å². The lowest BCUT2D eigenvalue weighted by Gasteiger charge is -2.19. The highest BCUT2D eigenvalue weighted by Crippen LogP contribution is 2.26. The third-order valence-electron chi connectivity index (χ3n) is 4.34. The fraction of sp³-hybridized carbons (Fsp3) is 0.350. The van der Waals surface area contributed by atoms with Crippen LogP contribution in [0.3, 0.4) is 0 Å². The van der Waals surface area contributed by atoms with Crippen LogP contribution in [0.15, 0.2) is 42.5 Å². The van der Waals surface area contributed by atoms with Crippen LogP contribution < -0.4 is 14.8 Å². The molecule has 3 rings (SSSR count). The molecule has 0 spiro atoms. The molecular weight excluding hydrogens is 302 g/mol. The predicted octanol–water partition coefficient (Wildman–Crippen LogP) is 3.98. The molecule has 2 aromatic carbocycles. The van der Waals surface area contributed by atoms with Crippen molar-refractivity contribution in [1.29, 1.82) is 0 Å². The van der Waals surface area contributed by atoms with Gasteiger partial charge in [0.15, 0.2) is 6.10 Å². The molecule has 126 valence electrons. The van der Waals surface area contributed by atoms with Gasteiger partial charge in [0.25, 0.3) is 5.91 Å². The molecule has 0 bridgehead atoms. The molecule has 0 aliphatic heterocycles. The third kappa shape index (κ3) is 3.88. The normalized spacial score (nSPS) is 14.4. The van der Waals surface area contributed by atoms with Gasteiger partial charge in [-0.05, 0) is 68.0 Å². The number of hydrogen-bond acceptors (Lipinski definition) is 3. The number of nitrogens with one attached hydrogen (secondary N) is 1. The van der Waals surface area contributed by atoms with Gasteiger partial charge in [-0.2, -0.15) is 0 Å². The first kappa shape index (κ1) is 16.4. The lowest BCUT2D eigenvalue weighted by molar-refractivity contribution is -0.122.